The second-order valence-electron chi connectivity index (χ2n) is 7.39. The Kier molecular flexibility index (Phi) is 5.45. The summed E-state index contributed by atoms with van der Waals surface area (Å²) < 4.78 is 15.8. The number of hydrogen-bond donors (Lipinski definition) is 1. The Balaban J connectivity index is 1.81. The third-order valence-corrected chi connectivity index (χ3v) is 3.96. The van der Waals surface area contributed by atoms with Crippen LogP contribution in [-0.2, 0) is 16.1 Å². The fourth-order valence-corrected chi connectivity index (χ4v) is 2.72. The van der Waals surface area contributed by atoms with Crippen LogP contribution < -0.4 is 10.1 Å². The largest absolute Gasteiger partial charge is 0.488 e. The highest BCUT2D eigenvalue weighted by Gasteiger charge is 2.34. The van der Waals surface area contributed by atoms with E-state index in [-0.39, 0.29) is 23.8 Å². The number of nitrogens with zero attached hydrogens (tertiary/aromatic N) is 1. The first-order valence-electron chi connectivity index (χ1n) is 8.97. The van der Waals surface area contributed by atoms with Crippen LogP contribution >= 0.6 is 0 Å². The Morgan fingerprint density at radius 1 is 1.17 bits per heavy atom. The molecule has 1 aliphatic rings. The zero-order valence-corrected chi connectivity index (χ0v) is 16.6. The van der Waals surface area contributed by atoms with Crippen LogP contribution in [0, 0.1) is 0 Å². The van der Waals surface area contributed by atoms with E-state index in [9.17, 15) is 14.4 Å². The number of imide groups is 1. The van der Waals surface area contributed by atoms with Crippen LogP contribution in [-0.4, -0.2) is 35.5 Å². The number of carbonyl (C=O) groups is 3. The number of amides is 3. The van der Waals surface area contributed by atoms with Gasteiger partial charge in [0.05, 0.1) is 13.7 Å². The van der Waals surface area contributed by atoms with Gasteiger partial charge in [-0.05, 0) is 45.0 Å². The van der Waals surface area contributed by atoms with Crippen molar-refractivity contribution in [1.82, 2.24) is 10.2 Å². The molecule has 8 heteroatoms. The van der Waals surface area contributed by atoms with Gasteiger partial charge in [-0.25, -0.2) is 9.59 Å². The van der Waals surface area contributed by atoms with Crippen molar-refractivity contribution in [2.24, 2.45) is 0 Å². The average Bonchev–Trinajstić information content (AvgIpc) is 3.22. The quantitative estimate of drug-likeness (QED) is 0.471. The Hall–Kier alpha value is -3.55. The smallest absolute Gasteiger partial charge is 0.373 e. The summed E-state index contributed by atoms with van der Waals surface area (Å²) >= 11 is 0. The van der Waals surface area contributed by atoms with Crippen molar-refractivity contribution in [3.63, 3.8) is 0 Å². The molecule has 1 aromatic carbocycles. The van der Waals surface area contributed by atoms with Gasteiger partial charge in [0.25, 0.3) is 5.91 Å². The summed E-state index contributed by atoms with van der Waals surface area (Å²) in [6, 6.07) is 9.61. The molecule has 0 aliphatic carbocycles. The number of ether oxygens (including phenoxy) is 2. The summed E-state index contributed by atoms with van der Waals surface area (Å²) in [4.78, 5) is 37.5. The van der Waals surface area contributed by atoms with Crippen LogP contribution in [0.1, 0.15) is 42.6 Å². The van der Waals surface area contributed by atoms with Gasteiger partial charge in [-0.15, -0.1) is 0 Å². The van der Waals surface area contributed by atoms with Gasteiger partial charge in [-0.2, -0.15) is 0 Å². The zero-order chi connectivity index (χ0) is 21.2. The van der Waals surface area contributed by atoms with Crippen molar-refractivity contribution in [3.05, 3.63) is 59.2 Å². The minimum atomic E-state index is -0.635. The highest BCUT2D eigenvalue weighted by molar-refractivity contribution is 6.14. The number of benzene rings is 1. The summed E-state index contributed by atoms with van der Waals surface area (Å²) in [7, 11) is 1.24. The molecule has 1 saturated heterocycles. The summed E-state index contributed by atoms with van der Waals surface area (Å²) in [6.45, 7) is 5.66. The van der Waals surface area contributed by atoms with Crippen molar-refractivity contribution in [2.45, 2.75) is 32.9 Å². The number of hydrogen-bond acceptors (Lipinski definition) is 6. The molecule has 1 fully saturated rings. The molecule has 2 aromatic rings. The molecule has 1 aliphatic heterocycles. The third kappa shape index (κ3) is 4.66. The molecule has 0 radical (unpaired) electrons. The molecule has 0 spiro atoms. The van der Waals surface area contributed by atoms with Crippen molar-refractivity contribution in [1.29, 1.82) is 0 Å². The van der Waals surface area contributed by atoms with E-state index in [1.165, 1.54) is 19.2 Å². The van der Waals surface area contributed by atoms with Crippen LogP contribution in [0.3, 0.4) is 0 Å². The minimum Gasteiger partial charge on any atom is -0.488 e. The number of furan rings is 1. The molecular formula is C21H22N2O6. The Morgan fingerprint density at radius 2 is 1.90 bits per heavy atom. The fraction of sp³-hybridized carbons (Fsp3) is 0.286. The Morgan fingerprint density at radius 3 is 2.59 bits per heavy atom. The standard InChI is InChI=1S/C21H22N2O6/c1-21(2,3)29-16-8-6-5-7-13(16)11-15-18(24)23(20(26)22-15)12-14-9-10-17(28-14)19(25)27-4/h5-11H,12H2,1-4H3,(H,22,26). The molecule has 0 atom stereocenters. The summed E-state index contributed by atoms with van der Waals surface area (Å²) in [6.07, 6.45) is 1.57. The van der Waals surface area contributed by atoms with Gasteiger partial charge in [0.1, 0.15) is 22.8 Å². The van der Waals surface area contributed by atoms with Gasteiger partial charge >= 0.3 is 12.0 Å². The second kappa shape index (κ2) is 7.83. The van der Waals surface area contributed by atoms with E-state index in [4.69, 9.17) is 9.15 Å². The van der Waals surface area contributed by atoms with E-state index in [1.54, 1.807) is 18.2 Å². The normalized spacial score (nSPS) is 15.6. The first-order chi connectivity index (χ1) is 13.7. The van der Waals surface area contributed by atoms with E-state index in [1.807, 2.05) is 32.9 Å². The summed E-state index contributed by atoms with van der Waals surface area (Å²) in [5.74, 6) is -0.256. The van der Waals surface area contributed by atoms with Crippen LogP contribution in [0.15, 0.2) is 46.5 Å². The number of urea groups is 1. The van der Waals surface area contributed by atoms with Crippen molar-refractivity contribution >= 4 is 24.0 Å². The predicted molar refractivity (Wildman–Crippen MR) is 104 cm³/mol. The van der Waals surface area contributed by atoms with E-state index < -0.39 is 23.5 Å². The second-order valence-corrected chi connectivity index (χ2v) is 7.39. The predicted octanol–water partition coefficient (Wildman–Crippen LogP) is 3.34. The molecule has 8 nitrogen and oxygen atoms in total. The van der Waals surface area contributed by atoms with Gasteiger partial charge < -0.3 is 19.2 Å². The molecule has 0 unspecified atom stereocenters. The molecule has 1 aromatic heterocycles. The molecule has 3 amide bonds. The summed E-state index contributed by atoms with van der Waals surface area (Å²) in [5.41, 5.74) is 0.374. The third-order valence-electron chi connectivity index (χ3n) is 3.96. The lowest BCUT2D eigenvalue weighted by Crippen LogP contribution is -2.30. The topological polar surface area (TPSA) is 98.1 Å². The molecule has 2 heterocycles. The lowest BCUT2D eigenvalue weighted by Gasteiger charge is -2.22. The number of methoxy groups -OCH3 is 1. The molecular weight excluding hydrogens is 376 g/mol. The van der Waals surface area contributed by atoms with Crippen LogP contribution in [0.5, 0.6) is 5.75 Å². The van der Waals surface area contributed by atoms with Gasteiger partial charge in [0, 0.05) is 5.56 Å². The molecule has 152 valence electrons. The molecule has 29 heavy (non-hydrogen) atoms. The molecule has 0 saturated carbocycles. The van der Waals surface area contributed by atoms with E-state index >= 15 is 0 Å². The molecule has 1 N–H and O–H groups in total. The maximum atomic E-state index is 12.7. The van der Waals surface area contributed by atoms with Crippen LogP contribution in [0.25, 0.3) is 6.08 Å². The van der Waals surface area contributed by atoms with Gasteiger partial charge in [-0.3, -0.25) is 9.69 Å². The van der Waals surface area contributed by atoms with Crippen molar-refractivity contribution in [3.8, 4) is 5.75 Å². The van der Waals surface area contributed by atoms with Gasteiger partial charge in [-0.1, -0.05) is 18.2 Å². The SMILES string of the molecule is COC(=O)c1ccc(CN2C(=O)NC(=Cc3ccccc3OC(C)(C)C)C2=O)o1. The van der Waals surface area contributed by atoms with E-state index in [0.717, 1.165) is 4.90 Å². The van der Waals surface area contributed by atoms with Crippen LogP contribution in [0.4, 0.5) is 4.79 Å². The number of carbonyl (C=O) groups excluding carboxylic acids is 3. The monoisotopic (exact) mass is 398 g/mol. The zero-order valence-electron chi connectivity index (χ0n) is 16.6. The average molecular weight is 398 g/mol. The van der Waals surface area contributed by atoms with Crippen molar-refractivity contribution < 1.29 is 28.3 Å². The Labute approximate surface area is 168 Å². The van der Waals surface area contributed by atoms with E-state index in [0.29, 0.717) is 11.3 Å². The highest BCUT2D eigenvalue weighted by Crippen LogP contribution is 2.26. The number of nitrogens with one attached hydrogen (secondary N) is 1. The minimum absolute atomic E-state index is 0.00132. The number of rotatable bonds is 5. The fourth-order valence-electron chi connectivity index (χ4n) is 2.72. The maximum absolute atomic E-state index is 12.7. The lowest BCUT2D eigenvalue weighted by atomic mass is 10.1. The first-order valence-corrected chi connectivity index (χ1v) is 8.97. The molecule has 0 bridgehead atoms. The van der Waals surface area contributed by atoms with Crippen LogP contribution in [0.2, 0.25) is 0 Å². The summed E-state index contributed by atoms with van der Waals surface area (Å²) in [5, 5.41) is 2.56. The van der Waals surface area contributed by atoms with Gasteiger partial charge in [0.15, 0.2) is 0 Å². The van der Waals surface area contributed by atoms with Crippen molar-refractivity contribution in [2.75, 3.05) is 7.11 Å². The lowest BCUT2D eigenvalue weighted by molar-refractivity contribution is -0.123. The maximum Gasteiger partial charge on any atom is 0.373 e. The molecule has 3 rings (SSSR count). The number of para-hydroxylation sites is 1. The van der Waals surface area contributed by atoms with E-state index in [2.05, 4.69) is 10.1 Å². The van der Waals surface area contributed by atoms with Gasteiger partial charge in [0.2, 0.25) is 5.76 Å². The highest BCUT2D eigenvalue weighted by atomic mass is 16.5. The number of esters is 1. The first kappa shape index (κ1) is 20.2. The Bertz CT molecular complexity index is 983.